The molecule has 3 aromatic carbocycles. The summed E-state index contributed by atoms with van der Waals surface area (Å²) < 4.78 is 2.85. The van der Waals surface area contributed by atoms with Gasteiger partial charge in [-0.3, -0.25) is 10.1 Å². The van der Waals surface area contributed by atoms with E-state index < -0.39 is 4.92 Å². The van der Waals surface area contributed by atoms with Gasteiger partial charge in [-0.1, -0.05) is 47.7 Å². The van der Waals surface area contributed by atoms with E-state index in [1.807, 2.05) is 54.6 Å². The summed E-state index contributed by atoms with van der Waals surface area (Å²) >= 11 is 2.26. The van der Waals surface area contributed by atoms with E-state index in [1.54, 1.807) is 16.8 Å². The topological polar surface area (TPSA) is 73.8 Å². The molecule has 0 bridgehead atoms. The summed E-state index contributed by atoms with van der Waals surface area (Å²) in [7, 11) is 0. The van der Waals surface area contributed by atoms with Crippen molar-refractivity contribution >= 4 is 28.3 Å². The highest BCUT2D eigenvalue weighted by Gasteiger charge is 2.18. The molecule has 6 nitrogen and oxygen atoms in total. The Bertz CT molecular complexity index is 1090. The third-order valence-electron chi connectivity index (χ3n) is 4.14. The highest BCUT2D eigenvalue weighted by Crippen LogP contribution is 2.32. The summed E-state index contributed by atoms with van der Waals surface area (Å²) in [5, 5.41) is 19.7. The molecule has 0 spiro atoms. The molecular formula is C20H13IN4O2. The van der Waals surface area contributed by atoms with Gasteiger partial charge in [-0.15, -0.1) is 5.10 Å². The summed E-state index contributed by atoms with van der Waals surface area (Å²) in [5.74, 6) is 0. The molecule has 0 aliphatic rings. The first kappa shape index (κ1) is 17.3. The number of halogens is 1. The monoisotopic (exact) mass is 468 g/mol. The molecule has 0 saturated carbocycles. The predicted octanol–water partition coefficient (Wildman–Crippen LogP) is 5.11. The van der Waals surface area contributed by atoms with Crippen LogP contribution in [0.2, 0.25) is 0 Å². The second-order valence-electron chi connectivity index (χ2n) is 5.84. The van der Waals surface area contributed by atoms with Gasteiger partial charge < -0.3 is 0 Å². The van der Waals surface area contributed by atoms with Gasteiger partial charge in [0.1, 0.15) is 11.4 Å². The maximum atomic E-state index is 10.9. The van der Waals surface area contributed by atoms with Crippen LogP contribution in [0.4, 0.5) is 5.69 Å². The Kier molecular flexibility index (Phi) is 4.68. The average Bonchev–Trinajstić information content (AvgIpc) is 3.14. The molecule has 4 aromatic rings. The van der Waals surface area contributed by atoms with Gasteiger partial charge in [0.05, 0.1) is 10.6 Å². The molecule has 1 aromatic heterocycles. The Hall–Kier alpha value is -3.07. The average molecular weight is 468 g/mol. The zero-order valence-electron chi connectivity index (χ0n) is 14.0. The first-order valence-corrected chi connectivity index (χ1v) is 9.23. The third kappa shape index (κ3) is 3.45. The first-order valence-electron chi connectivity index (χ1n) is 8.15. The summed E-state index contributed by atoms with van der Waals surface area (Å²) in [4.78, 5) is 10.5. The smallest absolute Gasteiger partial charge is 0.258 e. The van der Waals surface area contributed by atoms with E-state index in [9.17, 15) is 10.1 Å². The van der Waals surface area contributed by atoms with Crippen LogP contribution in [0, 0.1) is 13.7 Å². The van der Waals surface area contributed by atoms with Crippen LogP contribution in [0.1, 0.15) is 0 Å². The molecule has 0 atom stereocenters. The number of nitro groups is 1. The van der Waals surface area contributed by atoms with Crippen molar-refractivity contribution < 1.29 is 4.92 Å². The standard InChI is InChI=1S/C20H13IN4O2/c21-16-8-6-15(7-9-16)20-19(14-4-2-1-3-5-14)22-23-24(20)17-10-12-18(13-11-17)25(26)27/h1-13H. The molecule has 0 aliphatic carbocycles. The van der Waals surface area contributed by atoms with E-state index in [-0.39, 0.29) is 5.69 Å². The Morgan fingerprint density at radius 1 is 0.852 bits per heavy atom. The molecule has 0 unspecified atom stereocenters. The zero-order chi connectivity index (χ0) is 18.8. The number of hydrogen-bond acceptors (Lipinski definition) is 4. The molecule has 0 N–H and O–H groups in total. The number of benzene rings is 3. The first-order chi connectivity index (χ1) is 13.1. The lowest BCUT2D eigenvalue weighted by Gasteiger charge is -2.09. The van der Waals surface area contributed by atoms with Crippen LogP contribution in [0.25, 0.3) is 28.2 Å². The Balaban J connectivity index is 1.90. The van der Waals surface area contributed by atoms with Crippen LogP contribution >= 0.6 is 22.6 Å². The SMILES string of the molecule is O=[N+]([O-])c1ccc(-n2nnc(-c3ccccc3)c2-c2ccc(I)cc2)cc1. The van der Waals surface area contributed by atoms with Crippen molar-refractivity contribution in [3.05, 3.63) is 92.5 Å². The van der Waals surface area contributed by atoms with Gasteiger partial charge in [0, 0.05) is 26.8 Å². The fourth-order valence-electron chi connectivity index (χ4n) is 2.84. The number of aromatic nitrogens is 3. The molecule has 0 amide bonds. The maximum absolute atomic E-state index is 10.9. The number of hydrogen-bond donors (Lipinski definition) is 0. The Labute approximate surface area is 168 Å². The highest BCUT2D eigenvalue weighted by atomic mass is 127. The van der Waals surface area contributed by atoms with Crippen LogP contribution in [0.15, 0.2) is 78.9 Å². The van der Waals surface area contributed by atoms with E-state index in [2.05, 4.69) is 32.9 Å². The third-order valence-corrected chi connectivity index (χ3v) is 4.86. The van der Waals surface area contributed by atoms with E-state index in [0.717, 1.165) is 26.1 Å². The Morgan fingerprint density at radius 3 is 2.15 bits per heavy atom. The number of nitro benzene ring substituents is 1. The molecule has 7 heteroatoms. The zero-order valence-corrected chi connectivity index (χ0v) is 16.1. The number of rotatable bonds is 4. The van der Waals surface area contributed by atoms with E-state index in [1.165, 1.54) is 12.1 Å². The molecule has 0 radical (unpaired) electrons. The quantitative estimate of drug-likeness (QED) is 0.237. The van der Waals surface area contributed by atoms with Gasteiger partial charge in [-0.25, -0.2) is 4.68 Å². The summed E-state index contributed by atoms with van der Waals surface area (Å²) in [6, 6.07) is 24.2. The summed E-state index contributed by atoms with van der Waals surface area (Å²) in [6.07, 6.45) is 0. The molecule has 27 heavy (non-hydrogen) atoms. The van der Waals surface area contributed by atoms with Crippen molar-refractivity contribution in [2.45, 2.75) is 0 Å². The molecule has 0 fully saturated rings. The van der Waals surface area contributed by atoms with E-state index in [0.29, 0.717) is 5.69 Å². The van der Waals surface area contributed by atoms with Crippen molar-refractivity contribution in [2.75, 3.05) is 0 Å². The Morgan fingerprint density at radius 2 is 1.52 bits per heavy atom. The van der Waals surface area contributed by atoms with Crippen molar-refractivity contribution in [2.24, 2.45) is 0 Å². The molecule has 1 heterocycles. The fourth-order valence-corrected chi connectivity index (χ4v) is 3.19. The summed E-state index contributed by atoms with van der Waals surface area (Å²) in [6.45, 7) is 0. The highest BCUT2D eigenvalue weighted by molar-refractivity contribution is 14.1. The van der Waals surface area contributed by atoms with Crippen LogP contribution in [0.3, 0.4) is 0 Å². The van der Waals surface area contributed by atoms with Crippen LogP contribution < -0.4 is 0 Å². The minimum atomic E-state index is -0.416. The molecule has 0 aliphatic heterocycles. The maximum Gasteiger partial charge on any atom is 0.269 e. The van der Waals surface area contributed by atoms with Crippen LogP contribution in [-0.4, -0.2) is 19.9 Å². The number of non-ortho nitro benzene ring substituents is 1. The van der Waals surface area contributed by atoms with E-state index >= 15 is 0 Å². The largest absolute Gasteiger partial charge is 0.269 e. The summed E-state index contributed by atoms with van der Waals surface area (Å²) in [5.41, 5.74) is 4.28. The molecular weight excluding hydrogens is 455 g/mol. The second kappa shape index (κ2) is 7.28. The van der Waals surface area contributed by atoms with Gasteiger partial charge in [0.15, 0.2) is 0 Å². The molecule has 0 saturated heterocycles. The molecule has 4 rings (SSSR count). The van der Waals surface area contributed by atoms with Crippen molar-refractivity contribution in [1.29, 1.82) is 0 Å². The lowest BCUT2D eigenvalue weighted by Crippen LogP contribution is -2.00. The van der Waals surface area contributed by atoms with Gasteiger partial charge >= 0.3 is 0 Å². The fraction of sp³-hybridized carbons (Fsp3) is 0. The van der Waals surface area contributed by atoms with Crippen molar-refractivity contribution in [3.63, 3.8) is 0 Å². The predicted molar refractivity (Wildman–Crippen MR) is 112 cm³/mol. The van der Waals surface area contributed by atoms with Gasteiger partial charge in [0.2, 0.25) is 0 Å². The second-order valence-corrected chi connectivity index (χ2v) is 7.09. The van der Waals surface area contributed by atoms with Crippen LogP contribution in [-0.2, 0) is 0 Å². The lowest BCUT2D eigenvalue weighted by molar-refractivity contribution is -0.384. The van der Waals surface area contributed by atoms with Crippen molar-refractivity contribution in [1.82, 2.24) is 15.0 Å². The minimum Gasteiger partial charge on any atom is -0.258 e. The molecule has 132 valence electrons. The minimum absolute atomic E-state index is 0.0398. The number of nitrogens with zero attached hydrogens (tertiary/aromatic N) is 4. The van der Waals surface area contributed by atoms with E-state index in [4.69, 9.17) is 0 Å². The van der Waals surface area contributed by atoms with Crippen LogP contribution in [0.5, 0.6) is 0 Å². The normalized spacial score (nSPS) is 10.7. The van der Waals surface area contributed by atoms with Crippen molar-refractivity contribution in [3.8, 4) is 28.2 Å². The van der Waals surface area contributed by atoms with Gasteiger partial charge in [0.25, 0.3) is 5.69 Å². The van der Waals surface area contributed by atoms with Gasteiger partial charge in [-0.2, -0.15) is 0 Å². The van der Waals surface area contributed by atoms with Gasteiger partial charge in [-0.05, 0) is 46.9 Å². The lowest BCUT2D eigenvalue weighted by atomic mass is 10.0.